The Morgan fingerprint density at radius 3 is 3.29 bits per heavy atom. The van der Waals surface area contributed by atoms with E-state index in [0.29, 0.717) is 12.2 Å². The minimum absolute atomic E-state index is 0.0785. The first-order valence-electron chi connectivity index (χ1n) is 8.13. The van der Waals surface area contributed by atoms with E-state index in [9.17, 15) is 4.79 Å². The van der Waals surface area contributed by atoms with Gasteiger partial charge in [0.05, 0.1) is 17.8 Å². The van der Waals surface area contributed by atoms with Crippen LogP contribution in [-0.4, -0.2) is 38.3 Å². The van der Waals surface area contributed by atoms with Crippen molar-refractivity contribution in [2.24, 2.45) is 0 Å². The Kier molecular flexibility index (Phi) is 3.78. The zero-order valence-corrected chi connectivity index (χ0v) is 13.4. The van der Waals surface area contributed by atoms with Crippen molar-refractivity contribution in [3.8, 4) is 0 Å². The molecular weight excluding hydrogens is 306 g/mol. The van der Waals surface area contributed by atoms with Crippen LogP contribution in [0.5, 0.6) is 0 Å². The fourth-order valence-corrected chi connectivity index (χ4v) is 3.17. The maximum atomic E-state index is 12.6. The monoisotopic (exact) mass is 325 g/mol. The largest absolute Gasteiger partial charge is 0.368 e. The van der Waals surface area contributed by atoms with Crippen molar-refractivity contribution in [2.75, 3.05) is 6.61 Å². The molecule has 7 nitrogen and oxygen atoms in total. The molecule has 1 fully saturated rings. The summed E-state index contributed by atoms with van der Waals surface area (Å²) >= 11 is 0. The van der Waals surface area contributed by atoms with Crippen molar-refractivity contribution in [1.82, 2.24) is 25.1 Å². The zero-order chi connectivity index (χ0) is 16.5. The molecule has 0 radical (unpaired) electrons. The van der Waals surface area contributed by atoms with Crippen LogP contribution in [0.3, 0.4) is 0 Å². The van der Waals surface area contributed by atoms with Gasteiger partial charge in [0.1, 0.15) is 11.9 Å². The highest BCUT2D eigenvalue weighted by Gasteiger charge is 2.34. The van der Waals surface area contributed by atoms with Gasteiger partial charge in [0.15, 0.2) is 0 Å². The molecule has 0 bridgehead atoms. The zero-order valence-electron chi connectivity index (χ0n) is 13.4. The molecule has 2 atom stereocenters. The van der Waals surface area contributed by atoms with E-state index in [1.165, 1.54) is 0 Å². The highest BCUT2D eigenvalue weighted by atomic mass is 16.5. The third-order valence-electron chi connectivity index (χ3n) is 4.45. The fraction of sp³-hybridized carbons (Fsp3) is 0.353. The molecule has 4 rings (SSSR count). The van der Waals surface area contributed by atoms with Crippen LogP contribution in [-0.2, 0) is 11.3 Å². The van der Waals surface area contributed by atoms with Gasteiger partial charge >= 0.3 is 0 Å². The number of aryl methyl sites for hydroxylation is 1. The predicted octanol–water partition coefficient (Wildman–Crippen LogP) is 2.04. The molecule has 2 N–H and O–H groups in total. The maximum Gasteiger partial charge on any atom is 0.251 e. The summed E-state index contributed by atoms with van der Waals surface area (Å²) in [6, 6.07) is 5.42. The number of nitrogens with zero attached hydrogens (tertiary/aromatic N) is 3. The number of imidazole rings is 1. The number of aromatic nitrogens is 4. The molecule has 0 spiro atoms. The summed E-state index contributed by atoms with van der Waals surface area (Å²) in [6.07, 6.45) is 5.99. The van der Waals surface area contributed by atoms with Gasteiger partial charge in [-0.15, -0.1) is 0 Å². The summed E-state index contributed by atoms with van der Waals surface area (Å²) in [5, 5.41) is 10.9. The van der Waals surface area contributed by atoms with Gasteiger partial charge in [-0.1, -0.05) is 0 Å². The molecule has 0 aliphatic carbocycles. The number of hydrogen-bond acceptors (Lipinski definition) is 4. The summed E-state index contributed by atoms with van der Waals surface area (Å²) in [6.45, 7) is 3.51. The number of carbonyl (C=O) groups excluding carboxylic acids is 1. The first kappa shape index (κ1) is 14.9. The number of hydrogen-bond donors (Lipinski definition) is 2. The minimum atomic E-state index is -0.207. The van der Waals surface area contributed by atoms with Crippen LogP contribution >= 0.6 is 0 Å². The lowest BCUT2D eigenvalue weighted by Gasteiger charge is -2.20. The average molecular weight is 325 g/mol. The van der Waals surface area contributed by atoms with Gasteiger partial charge in [0, 0.05) is 36.5 Å². The van der Waals surface area contributed by atoms with Crippen molar-refractivity contribution >= 4 is 16.8 Å². The summed E-state index contributed by atoms with van der Waals surface area (Å²) < 4.78 is 7.88. The van der Waals surface area contributed by atoms with Crippen molar-refractivity contribution in [2.45, 2.75) is 32.0 Å². The summed E-state index contributed by atoms with van der Waals surface area (Å²) in [5.41, 5.74) is 1.53. The number of rotatable bonds is 4. The topological polar surface area (TPSA) is 84.8 Å². The third-order valence-corrected chi connectivity index (χ3v) is 4.45. The second-order valence-corrected chi connectivity index (χ2v) is 5.90. The van der Waals surface area contributed by atoms with E-state index in [1.54, 1.807) is 18.5 Å². The van der Waals surface area contributed by atoms with E-state index in [1.807, 2.05) is 22.9 Å². The summed E-state index contributed by atoms with van der Waals surface area (Å²) in [5.74, 6) is 0.763. The summed E-state index contributed by atoms with van der Waals surface area (Å²) in [7, 11) is 0. The van der Waals surface area contributed by atoms with Gasteiger partial charge in [0.2, 0.25) is 0 Å². The molecule has 7 heteroatoms. The van der Waals surface area contributed by atoms with Crippen LogP contribution < -0.4 is 5.32 Å². The maximum absolute atomic E-state index is 12.6. The SMILES string of the molecule is CCn1ccnc1[C@H]1OCC[C@@H]1NC(=O)c1ccc2[nH]ncc2c1. The molecule has 24 heavy (non-hydrogen) atoms. The summed E-state index contributed by atoms with van der Waals surface area (Å²) in [4.78, 5) is 17.0. The van der Waals surface area contributed by atoms with Crippen molar-refractivity contribution < 1.29 is 9.53 Å². The van der Waals surface area contributed by atoms with E-state index in [2.05, 4.69) is 27.4 Å². The standard InChI is InChI=1S/C17H19N5O2/c1-2-22-7-6-18-16(22)15-14(5-8-24-15)20-17(23)11-3-4-13-12(9-11)10-19-21-13/h3-4,6-7,9-10,14-15H,2,5,8H2,1H3,(H,19,21)(H,20,23)/t14-,15-/m0/s1. The van der Waals surface area contributed by atoms with E-state index in [-0.39, 0.29) is 18.1 Å². The van der Waals surface area contributed by atoms with E-state index >= 15 is 0 Å². The normalized spacial score (nSPS) is 20.5. The number of H-pyrrole nitrogens is 1. The van der Waals surface area contributed by atoms with Gasteiger partial charge in [-0.3, -0.25) is 9.89 Å². The van der Waals surface area contributed by atoms with Gasteiger partial charge < -0.3 is 14.6 Å². The van der Waals surface area contributed by atoms with Crippen molar-refractivity contribution in [3.63, 3.8) is 0 Å². The number of aromatic amines is 1. The number of amides is 1. The second kappa shape index (κ2) is 6.09. The number of benzene rings is 1. The molecule has 0 unspecified atom stereocenters. The van der Waals surface area contributed by atoms with E-state index in [4.69, 9.17) is 4.74 Å². The molecule has 0 saturated carbocycles. The fourth-order valence-electron chi connectivity index (χ4n) is 3.17. The first-order chi connectivity index (χ1) is 11.8. The highest BCUT2D eigenvalue weighted by molar-refractivity contribution is 5.98. The lowest BCUT2D eigenvalue weighted by molar-refractivity contribution is 0.0775. The molecule has 1 aliphatic heterocycles. The van der Waals surface area contributed by atoms with Crippen LogP contribution in [0.4, 0.5) is 0 Å². The molecule has 3 aromatic rings. The van der Waals surface area contributed by atoms with E-state index in [0.717, 1.165) is 29.7 Å². The minimum Gasteiger partial charge on any atom is -0.368 e. The Hall–Kier alpha value is -2.67. The van der Waals surface area contributed by atoms with Crippen LogP contribution in [0.15, 0.2) is 36.8 Å². The van der Waals surface area contributed by atoms with Gasteiger partial charge in [-0.25, -0.2) is 4.98 Å². The first-order valence-corrected chi connectivity index (χ1v) is 8.13. The smallest absolute Gasteiger partial charge is 0.251 e. The predicted molar refractivity (Wildman–Crippen MR) is 88.6 cm³/mol. The number of fused-ring (bicyclic) bond motifs is 1. The van der Waals surface area contributed by atoms with Crippen LogP contribution in [0, 0.1) is 0 Å². The lowest BCUT2D eigenvalue weighted by atomic mass is 10.1. The Bertz CT molecular complexity index is 869. The number of ether oxygens (including phenoxy) is 1. The van der Waals surface area contributed by atoms with Crippen molar-refractivity contribution in [1.29, 1.82) is 0 Å². The molecular formula is C17H19N5O2. The Balaban J connectivity index is 1.54. The second-order valence-electron chi connectivity index (χ2n) is 5.90. The Morgan fingerprint density at radius 1 is 1.50 bits per heavy atom. The van der Waals surface area contributed by atoms with E-state index < -0.39 is 0 Å². The number of nitrogens with one attached hydrogen (secondary N) is 2. The van der Waals surface area contributed by atoms with Crippen LogP contribution in [0.2, 0.25) is 0 Å². The molecule has 1 saturated heterocycles. The highest BCUT2D eigenvalue weighted by Crippen LogP contribution is 2.28. The molecule has 1 amide bonds. The van der Waals surface area contributed by atoms with Crippen LogP contribution in [0.25, 0.3) is 10.9 Å². The quantitative estimate of drug-likeness (QED) is 0.769. The van der Waals surface area contributed by atoms with Gasteiger partial charge in [0.25, 0.3) is 5.91 Å². The molecule has 1 aromatic carbocycles. The molecule has 124 valence electrons. The lowest BCUT2D eigenvalue weighted by Crippen LogP contribution is -2.37. The Morgan fingerprint density at radius 2 is 2.42 bits per heavy atom. The third kappa shape index (κ3) is 2.56. The molecule has 1 aliphatic rings. The molecule has 2 aromatic heterocycles. The van der Waals surface area contributed by atoms with Crippen molar-refractivity contribution in [3.05, 3.63) is 48.2 Å². The average Bonchev–Trinajstić information content (AvgIpc) is 3.33. The molecule has 3 heterocycles. The van der Waals surface area contributed by atoms with Crippen LogP contribution in [0.1, 0.15) is 35.6 Å². The van der Waals surface area contributed by atoms with Gasteiger partial charge in [-0.2, -0.15) is 5.10 Å². The van der Waals surface area contributed by atoms with Gasteiger partial charge in [-0.05, 0) is 31.5 Å². The number of carbonyl (C=O) groups is 1. The Labute approximate surface area is 139 Å².